The van der Waals surface area contributed by atoms with Gasteiger partial charge < -0.3 is 43.5 Å². The molecule has 8 rings (SSSR count). The minimum Gasteiger partial charge on any atom is -0.464 e. The molecule has 0 spiro atoms. The lowest BCUT2D eigenvalue weighted by Gasteiger charge is -2.42. The van der Waals surface area contributed by atoms with Gasteiger partial charge in [0.1, 0.15) is 6.61 Å². The van der Waals surface area contributed by atoms with Crippen LogP contribution >= 0.6 is 0 Å². The Labute approximate surface area is 350 Å². The van der Waals surface area contributed by atoms with E-state index in [1.165, 1.54) is 4.57 Å². The van der Waals surface area contributed by atoms with Gasteiger partial charge in [0, 0.05) is 83.6 Å². The number of nitrogens with one attached hydrogen (secondary N) is 1. The van der Waals surface area contributed by atoms with Gasteiger partial charge in [0.05, 0.1) is 24.6 Å². The number of aromatic nitrogens is 1. The molecule has 2 aromatic carbocycles. The number of nitrogens with zero attached hydrogens (tertiary/aromatic N) is 6. The molecule has 324 valence electrons. The number of anilines is 1. The summed E-state index contributed by atoms with van der Waals surface area (Å²) in [5, 5.41) is 3.05. The molecule has 60 heavy (non-hydrogen) atoms. The highest BCUT2D eigenvalue weighted by Gasteiger charge is 2.37. The van der Waals surface area contributed by atoms with Gasteiger partial charge in [-0.15, -0.1) is 0 Å². The number of rotatable bonds is 10. The summed E-state index contributed by atoms with van der Waals surface area (Å²) >= 11 is 0. The van der Waals surface area contributed by atoms with Gasteiger partial charge in [-0.2, -0.15) is 0 Å². The zero-order valence-electron chi connectivity index (χ0n) is 35.0. The quantitative estimate of drug-likeness (QED) is 0.298. The van der Waals surface area contributed by atoms with E-state index >= 15 is 0 Å². The third kappa shape index (κ3) is 9.50. The maximum Gasteiger partial charge on any atom is 0.419 e. The first-order valence-corrected chi connectivity index (χ1v) is 21.8. The predicted molar refractivity (Wildman–Crippen MR) is 223 cm³/mol. The van der Waals surface area contributed by atoms with E-state index in [4.69, 9.17) is 18.6 Å². The van der Waals surface area contributed by atoms with Crippen molar-refractivity contribution < 1.29 is 37.8 Å². The van der Waals surface area contributed by atoms with Crippen LogP contribution in [0.25, 0.3) is 11.1 Å². The fraction of sp³-hybridized carbons (Fsp3) is 0.614. The number of fused-ring (bicyclic) bond motifs is 2. The highest BCUT2D eigenvalue weighted by molar-refractivity contribution is 5.91. The largest absolute Gasteiger partial charge is 0.464 e. The van der Waals surface area contributed by atoms with Gasteiger partial charge in [-0.3, -0.25) is 19.1 Å². The molecule has 4 saturated heterocycles. The minimum atomic E-state index is -1.08. The van der Waals surface area contributed by atoms with Crippen molar-refractivity contribution in [1.29, 1.82) is 0 Å². The van der Waals surface area contributed by atoms with Crippen LogP contribution in [-0.2, 0) is 43.7 Å². The van der Waals surface area contributed by atoms with Gasteiger partial charge in [0.25, 0.3) is 5.91 Å². The summed E-state index contributed by atoms with van der Waals surface area (Å²) in [6, 6.07) is 11.7. The predicted octanol–water partition coefficient (Wildman–Crippen LogP) is 3.62. The van der Waals surface area contributed by atoms with E-state index in [0.29, 0.717) is 69.3 Å². The molecule has 5 aliphatic heterocycles. The zero-order valence-corrected chi connectivity index (χ0v) is 35.0. The van der Waals surface area contributed by atoms with Crippen LogP contribution in [0, 0.1) is 12.8 Å². The van der Waals surface area contributed by atoms with E-state index in [9.17, 15) is 24.0 Å². The first-order chi connectivity index (χ1) is 29.1. The standard InChI is InChI=1S/C44H59N7O9/c1-30-27-31(28-37-39(30)46(2)43(55)59-37)29-38(60-44(56)50-18-12-35(13-19-50)51-20-9-32-5-3-4-6-36(32)45-42(51)54)40(52)49-16-10-34(11-17-49)48-14-7-33(8-15-48)41(53)58-26-23-47-21-24-57-25-22-47/h3-6,27-28,33-35,38H,7-26,29H2,1-2H3,(H,45,54)/t38-/m1/s1. The molecule has 1 atom stereocenters. The highest BCUT2D eigenvalue weighted by Crippen LogP contribution is 2.28. The summed E-state index contributed by atoms with van der Waals surface area (Å²) < 4.78 is 24.2. The van der Waals surface area contributed by atoms with E-state index in [-0.39, 0.29) is 36.3 Å². The lowest BCUT2D eigenvalue weighted by atomic mass is 9.93. The number of likely N-dealkylation sites (tertiary alicyclic amines) is 3. The summed E-state index contributed by atoms with van der Waals surface area (Å²) in [5.74, 6) is -0.912. The average Bonchev–Trinajstić information content (AvgIpc) is 3.44. The summed E-state index contributed by atoms with van der Waals surface area (Å²) in [6.07, 6.45) is 3.52. The Hall–Kier alpha value is -4.93. The van der Waals surface area contributed by atoms with E-state index in [1.54, 1.807) is 18.0 Å². The normalized spacial score (nSPS) is 21.0. The van der Waals surface area contributed by atoms with Crippen LogP contribution in [0.2, 0.25) is 0 Å². The molecular weight excluding hydrogens is 771 g/mol. The molecular formula is C44H59N7O9. The second-order valence-corrected chi connectivity index (χ2v) is 17.0. The molecule has 4 fully saturated rings. The number of esters is 1. The number of carbonyl (C=O) groups excluding carboxylic acids is 4. The molecule has 6 heterocycles. The minimum absolute atomic E-state index is 0.0255. The average molecular weight is 830 g/mol. The number of carbonyl (C=O) groups is 4. The number of hydrogen-bond donors (Lipinski definition) is 1. The van der Waals surface area contributed by atoms with Crippen molar-refractivity contribution in [2.45, 2.75) is 76.5 Å². The Morgan fingerprint density at radius 3 is 2.30 bits per heavy atom. The monoisotopic (exact) mass is 829 g/mol. The molecule has 0 saturated carbocycles. The van der Waals surface area contributed by atoms with Gasteiger partial charge >= 0.3 is 23.8 Å². The second-order valence-electron chi connectivity index (χ2n) is 17.0. The molecule has 1 N–H and O–H groups in total. The van der Waals surface area contributed by atoms with Crippen molar-refractivity contribution in [3.63, 3.8) is 0 Å². The smallest absolute Gasteiger partial charge is 0.419 e. The second kappa shape index (κ2) is 18.8. The lowest BCUT2D eigenvalue weighted by Crippen LogP contribution is -2.53. The summed E-state index contributed by atoms with van der Waals surface area (Å²) in [7, 11) is 1.66. The number of amides is 4. The first kappa shape index (κ1) is 41.8. The molecule has 0 bridgehead atoms. The maximum absolute atomic E-state index is 14.4. The number of ether oxygens (including phenoxy) is 3. The number of aryl methyl sites for hydroxylation is 2. The number of morpholine rings is 1. The highest BCUT2D eigenvalue weighted by atomic mass is 16.6. The molecule has 1 aromatic heterocycles. The molecule has 16 nitrogen and oxygen atoms in total. The van der Waals surface area contributed by atoms with Crippen LogP contribution in [0.5, 0.6) is 0 Å². The Morgan fingerprint density at radius 2 is 1.55 bits per heavy atom. The Morgan fingerprint density at radius 1 is 0.850 bits per heavy atom. The number of urea groups is 1. The first-order valence-electron chi connectivity index (χ1n) is 21.8. The van der Waals surface area contributed by atoms with Crippen molar-refractivity contribution >= 4 is 40.8 Å². The summed E-state index contributed by atoms with van der Waals surface area (Å²) in [6.45, 7) is 10.3. The number of para-hydroxylation sites is 1. The van der Waals surface area contributed by atoms with E-state index < -0.39 is 18.0 Å². The van der Waals surface area contributed by atoms with E-state index in [1.807, 2.05) is 47.1 Å². The van der Waals surface area contributed by atoms with Crippen molar-refractivity contribution in [2.75, 3.05) is 90.6 Å². The van der Waals surface area contributed by atoms with Crippen LogP contribution in [0.4, 0.5) is 15.3 Å². The topological polar surface area (TPSA) is 159 Å². The lowest BCUT2D eigenvalue weighted by molar-refractivity contribution is -0.151. The third-order valence-corrected chi connectivity index (χ3v) is 13.3. The molecule has 0 aliphatic carbocycles. The number of hydrogen-bond acceptors (Lipinski definition) is 11. The van der Waals surface area contributed by atoms with Gasteiger partial charge in [0.2, 0.25) is 0 Å². The SMILES string of the molecule is Cc1cc(C[C@@H](OC(=O)N2CCC(N3CCc4ccccc4NC3=O)CC2)C(=O)N2CCC(N3CCC(C(=O)OCCN4CCOCC4)CC3)CC2)cc2oc(=O)n(C)c12. The summed E-state index contributed by atoms with van der Waals surface area (Å²) in [4.78, 5) is 76.7. The van der Waals surface area contributed by atoms with Gasteiger partial charge in [-0.25, -0.2) is 14.4 Å². The number of piperidine rings is 3. The molecule has 4 amide bonds. The zero-order chi connectivity index (χ0) is 41.8. The van der Waals surface area contributed by atoms with Crippen molar-refractivity contribution in [2.24, 2.45) is 13.0 Å². The molecule has 3 aromatic rings. The van der Waals surface area contributed by atoms with Crippen LogP contribution < -0.4 is 11.1 Å². The summed E-state index contributed by atoms with van der Waals surface area (Å²) in [5.41, 5.74) is 4.59. The van der Waals surface area contributed by atoms with Gasteiger partial charge in [-0.05, 0) is 93.8 Å². The van der Waals surface area contributed by atoms with E-state index in [2.05, 4.69) is 15.1 Å². The number of oxazole rings is 1. The third-order valence-electron chi connectivity index (χ3n) is 13.3. The van der Waals surface area contributed by atoms with Crippen LogP contribution in [0.3, 0.4) is 0 Å². The van der Waals surface area contributed by atoms with Crippen molar-refractivity contribution in [1.82, 2.24) is 29.1 Å². The van der Waals surface area contributed by atoms with Gasteiger partial charge in [-0.1, -0.05) is 24.3 Å². The fourth-order valence-corrected chi connectivity index (χ4v) is 9.76. The molecule has 5 aliphatic rings. The van der Waals surface area contributed by atoms with Crippen LogP contribution in [0.1, 0.15) is 55.2 Å². The maximum atomic E-state index is 14.4. The fourth-order valence-electron chi connectivity index (χ4n) is 9.76. The Balaban J connectivity index is 0.863. The van der Waals surface area contributed by atoms with Gasteiger partial charge in [0.15, 0.2) is 11.7 Å². The van der Waals surface area contributed by atoms with Crippen molar-refractivity contribution in [3.05, 3.63) is 63.6 Å². The Kier molecular flexibility index (Phi) is 13.1. The van der Waals surface area contributed by atoms with Crippen LogP contribution in [0.15, 0.2) is 45.6 Å². The van der Waals surface area contributed by atoms with Crippen molar-refractivity contribution in [3.8, 4) is 0 Å². The molecule has 0 unspecified atom stereocenters. The molecule has 0 radical (unpaired) electrons. The number of benzene rings is 2. The van der Waals surface area contributed by atoms with E-state index in [0.717, 1.165) is 100 Å². The van der Waals surface area contributed by atoms with Crippen LogP contribution in [-0.4, -0.2) is 157 Å². The Bertz CT molecular complexity index is 2070. The molecule has 16 heteroatoms.